The number of benzene rings is 2. The van der Waals surface area contributed by atoms with Crippen LogP contribution in [-0.2, 0) is 0 Å². The fraction of sp³-hybridized carbons (Fsp3) is 0.222. The third-order valence-corrected chi connectivity index (χ3v) is 4.29. The van der Waals surface area contributed by atoms with Crippen LogP contribution in [-0.4, -0.2) is 12.1 Å². The summed E-state index contributed by atoms with van der Waals surface area (Å²) < 4.78 is 0. The van der Waals surface area contributed by atoms with Crippen LogP contribution in [0.4, 0.5) is 11.4 Å². The molecule has 0 radical (unpaired) electrons. The number of hydrogen-bond donors (Lipinski definition) is 0. The predicted octanol–water partition coefficient (Wildman–Crippen LogP) is 5.18. The van der Waals surface area contributed by atoms with Gasteiger partial charge in [0.25, 0.3) is 0 Å². The number of azide groups is 1. The molecule has 2 aromatic rings. The monoisotopic (exact) mass is 290 g/mol. The van der Waals surface area contributed by atoms with Crippen LogP contribution in [0.1, 0.15) is 18.4 Å². The molecule has 0 aromatic heterocycles. The van der Waals surface area contributed by atoms with Gasteiger partial charge >= 0.3 is 0 Å². The summed E-state index contributed by atoms with van der Waals surface area (Å²) in [6.07, 6.45) is 1.88. The molecule has 0 N–H and O–H groups in total. The summed E-state index contributed by atoms with van der Waals surface area (Å²) in [6.45, 7) is 6.57. The quantitative estimate of drug-likeness (QED) is 0.332. The van der Waals surface area contributed by atoms with Crippen LogP contribution in [0.2, 0.25) is 0 Å². The largest absolute Gasteiger partial charge is 0.341 e. The Morgan fingerprint density at radius 2 is 1.91 bits per heavy atom. The van der Waals surface area contributed by atoms with E-state index in [-0.39, 0.29) is 5.92 Å². The molecule has 3 rings (SSSR count). The Kier molecular flexibility index (Phi) is 3.61. The maximum atomic E-state index is 9.01. The van der Waals surface area contributed by atoms with Crippen molar-refractivity contribution in [2.75, 3.05) is 11.4 Å². The zero-order valence-electron chi connectivity index (χ0n) is 12.6. The first-order valence-corrected chi connectivity index (χ1v) is 7.30. The Balaban J connectivity index is 2.20. The first kappa shape index (κ1) is 14.2. The van der Waals surface area contributed by atoms with Crippen LogP contribution in [0.5, 0.6) is 0 Å². The molecule has 110 valence electrons. The lowest BCUT2D eigenvalue weighted by Gasteiger charge is -2.44. The molecule has 2 aromatic carbocycles. The van der Waals surface area contributed by atoms with E-state index in [9.17, 15) is 0 Å². The fourth-order valence-corrected chi connectivity index (χ4v) is 3.25. The SMILES string of the molecule is C=C[C@H]1c2ccccc2N(c2ccccc2)CC1(C)N=[N+]=[N-]. The van der Waals surface area contributed by atoms with Gasteiger partial charge in [-0.1, -0.05) is 54.5 Å². The van der Waals surface area contributed by atoms with Gasteiger partial charge in [-0.2, -0.15) is 0 Å². The summed E-state index contributed by atoms with van der Waals surface area (Å²) >= 11 is 0. The molecule has 22 heavy (non-hydrogen) atoms. The van der Waals surface area contributed by atoms with Gasteiger partial charge in [0.05, 0.1) is 5.54 Å². The molecule has 0 saturated carbocycles. The minimum Gasteiger partial charge on any atom is -0.341 e. The summed E-state index contributed by atoms with van der Waals surface area (Å²) in [4.78, 5) is 5.29. The van der Waals surface area contributed by atoms with Crippen molar-refractivity contribution in [2.24, 2.45) is 5.11 Å². The number of hydrogen-bond acceptors (Lipinski definition) is 2. The van der Waals surface area contributed by atoms with Crippen molar-refractivity contribution < 1.29 is 0 Å². The van der Waals surface area contributed by atoms with E-state index in [1.165, 1.54) is 0 Å². The van der Waals surface area contributed by atoms with E-state index in [2.05, 4.69) is 45.8 Å². The fourth-order valence-electron chi connectivity index (χ4n) is 3.25. The lowest BCUT2D eigenvalue weighted by molar-refractivity contribution is 0.414. The zero-order valence-corrected chi connectivity index (χ0v) is 12.6. The van der Waals surface area contributed by atoms with Crippen molar-refractivity contribution in [3.05, 3.63) is 83.3 Å². The Bertz CT molecular complexity index is 734. The number of nitrogens with zero attached hydrogens (tertiary/aromatic N) is 4. The molecule has 2 atom stereocenters. The summed E-state index contributed by atoms with van der Waals surface area (Å²) in [6, 6.07) is 18.4. The van der Waals surface area contributed by atoms with Gasteiger partial charge in [-0.25, -0.2) is 0 Å². The van der Waals surface area contributed by atoms with Crippen molar-refractivity contribution in [3.63, 3.8) is 0 Å². The van der Waals surface area contributed by atoms with Crippen LogP contribution in [0.15, 0.2) is 72.4 Å². The molecule has 4 nitrogen and oxygen atoms in total. The minimum atomic E-state index is -0.569. The summed E-state index contributed by atoms with van der Waals surface area (Å²) in [5, 5.41) is 4.11. The van der Waals surface area contributed by atoms with Crippen LogP contribution in [0.3, 0.4) is 0 Å². The van der Waals surface area contributed by atoms with E-state index in [0.717, 1.165) is 16.9 Å². The Labute approximate surface area is 130 Å². The molecule has 0 spiro atoms. The molecule has 1 aliphatic heterocycles. The average molecular weight is 290 g/mol. The lowest BCUT2D eigenvalue weighted by atomic mass is 9.76. The van der Waals surface area contributed by atoms with Gasteiger partial charge in [0, 0.05) is 28.7 Å². The van der Waals surface area contributed by atoms with E-state index >= 15 is 0 Å². The Morgan fingerprint density at radius 3 is 2.59 bits per heavy atom. The summed E-state index contributed by atoms with van der Waals surface area (Å²) in [5.74, 6) is -0.000405. The van der Waals surface area contributed by atoms with Crippen molar-refractivity contribution in [1.29, 1.82) is 0 Å². The number of fused-ring (bicyclic) bond motifs is 1. The lowest BCUT2D eigenvalue weighted by Crippen LogP contribution is -2.45. The van der Waals surface area contributed by atoms with Crippen LogP contribution in [0.25, 0.3) is 10.4 Å². The zero-order chi connectivity index (χ0) is 15.6. The van der Waals surface area contributed by atoms with E-state index in [0.29, 0.717) is 6.54 Å². The molecule has 1 aliphatic rings. The molecule has 0 saturated heterocycles. The molecule has 0 bridgehead atoms. The number of rotatable bonds is 3. The average Bonchev–Trinajstić information content (AvgIpc) is 2.55. The Morgan fingerprint density at radius 1 is 1.23 bits per heavy atom. The number of para-hydroxylation sites is 2. The highest BCUT2D eigenvalue weighted by atomic mass is 15.2. The highest BCUT2D eigenvalue weighted by molar-refractivity contribution is 5.70. The van der Waals surface area contributed by atoms with E-state index in [1.807, 2.05) is 43.3 Å². The van der Waals surface area contributed by atoms with E-state index in [1.54, 1.807) is 0 Å². The van der Waals surface area contributed by atoms with Gasteiger partial charge in [-0.05, 0) is 29.3 Å². The third kappa shape index (κ3) is 2.24. The second-order valence-corrected chi connectivity index (χ2v) is 5.74. The molecule has 0 aliphatic carbocycles. The van der Waals surface area contributed by atoms with Crippen LogP contribution >= 0.6 is 0 Å². The second kappa shape index (κ2) is 5.58. The van der Waals surface area contributed by atoms with Gasteiger partial charge in [0.1, 0.15) is 0 Å². The maximum Gasteiger partial charge on any atom is 0.0742 e. The standard InChI is InChI=1S/C18H18N4/c1-3-16-15-11-7-8-12-17(15)22(13-18(16,2)20-21-19)14-9-5-4-6-10-14/h3-12,16H,1,13H2,2H3/t16-,18?/m0/s1. The molecule has 1 heterocycles. The van der Waals surface area contributed by atoms with Gasteiger partial charge in [-0.15, -0.1) is 6.58 Å². The van der Waals surface area contributed by atoms with Crippen molar-refractivity contribution in [1.82, 2.24) is 0 Å². The first-order chi connectivity index (χ1) is 10.7. The molecule has 4 heteroatoms. The van der Waals surface area contributed by atoms with Crippen molar-refractivity contribution >= 4 is 11.4 Å². The topological polar surface area (TPSA) is 52.0 Å². The second-order valence-electron chi connectivity index (χ2n) is 5.74. The highest BCUT2D eigenvalue weighted by Gasteiger charge is 2.41. The van der Waals surface area contributed by atoms with Crippen molar-refractivity contribution in [3.8, 4) is 0 Å². The van der Waals surface area contributed by atoms with Gasteiger partial charge in [-0.3, -0.25) is 0 Å². The predicted molar refractivity (Wildman–Crippen MR) is 90.4 cm³/mol. The van der Waals surface area contributed by atoms with Crippen molar-refractivity contribution in [2.45, 2.75) is 18.4 Å². The smallest absolute Gasteiger partial charge is 0.0742 e. The van der Waals surface area contributed by atoms with Gasteiger partial charge in [0.2, 0.25) is 0 Å². The minimum absolute atomic E-state index is 0.000405. The molecular weight excluding hydrogens is 272 g/mol. The van der Waals surface area contributed by atoms with Gasteiger partial charge in [0.15, 0.2) is 0 Å². The molecular formula is C18H18N4. The summed E-state index contributed by atoms with van der Waals surface area (Å²) in [7, 11) is 0. The van der Waals surface area contributed by atoms with Gasteiger partial charge < -0.3 is 4.90 Å². The Hall–Kier alpha value is -2.71. The highest BCUT2D eigenvalue weighted by Crippen LogP contribution is 2.46. The van der Waals surface area contributed by atoms with E-state index < -0.39 is 5.54 Å². The maximum absolute atomic E-state index is 9.01. The normalized spacial score (nSPS) is 23.3. The third-order valence-electron chi connectivity index (χ3n) is 4.29. The first-order valence-electron chi connectivity index (χ1n) is 7.30. The summed E-state index contributed by atoms with van der Waals surface area (Å²) in [5.41, 5.74) is 11.8. The van der Waals surface area contributed by atoms with Crippen LogP contribution in [0, 0.1) is 0 Å². The van der Waals surface area contributed by atoms with Crippen LogP contribution < -0.4 is 4.90 Å². The molecule has 0 fully saturated rings. The molecule has 1 unspecified atom stereocenters. The number of anilines is 2. The van der Waals surface area contributed by atoms with E-state index in [4.69, 9.17) is 5.53 Å². The molecule has 0 amide bonds.